The third-order valence-corrected chi connectivity index (χ3v) is 3.86. The van der Waals surface area contributed by atoms with Crippen LogP contribution in [0.3, 0.4) is 0 Å². The van der Waals surface area contributed by atoms with E-state index < -0.39 is 9.84 Å². The third-order valence-electron chi connectivity index (χ3n) is 2.41. The van der Waals surface area contributed by atoms with Crippen molar-refractivity contribution in [3.05, 3.63) is 41.0 Å². The summed E-state index contributed by atoms with van der Waals surface area (Å²) in [6.07, 6.45) is 2.47. The second kappa shape index (κ2) is 5.80. The minimum atomic E-state index is -3.30. The van der Waals surface area contributed by atoms with E-state index >= 15 is 0 Å². The van der Waals surface area contributed by atoms with E-state index in [1.54, 1.807) is 31.4 Å². The minimum absolute atomic E-state index is 0.0108. The molecule has 1 aromatic heterocycles. The van der Waals surface area contributed by atoms with Crippen LogP contribution in [0.4, 0.5) is 0 Å². The normalized spacial score (nSPS) is 11.2. The number of hydrogen-bond donors (Lipinski definition) is 0. The molecular weight excluding hydrogens is 346 g/mol. The summed E-state index contributed by atoms with van der Waals surface area (Å²) in [5.41, 5.74) is 0. The quantitative estimate of drug-likeness (QED) is 0.841. The molecule has 2 aromatic rings. The van der Waals surface area contributed by atoms with Crippen molar-refractivity contribution in [3.63, 3.8) is 0 Å². The molecular formula is C13H12BrNO4S. The summed E-state index contributed by atoms with van der Waals surface area (Å²) in [4.78, 5) is 3.86. The zero-order chi connectivity index (χ0) is 14.8. The van der Waals surface area contributed by atoms with Crippen molar-refractivity contribution in [2.24, 2.45) is 0 Å². The van der Waals surface area contributed by atoms with Crippen LogP contribution in [0.2, 0.25) is 0 Å². The topological polar surface area (TPSA) is 65.5 Å². The lowest BCUT2D eigenvalue weighted by atomic mass is 10.3. The number of hydrogen-bond acceptors (Lipinski definition) is 5. The molecule has 7 heteroatoms. The third kappa shape index (κ3) is 3.71. The molecule has 0 amide bonds. The average Bonchev–Trinajstić information content (AvgIpc) is 2.37. The van der Waals surface area contributed by atoms with E-state index in [-0.39, 0.29) is 5.03 Å². The molecule has 0 aliphatic carbocycles. The van der Waals surface area contributed by atoms with Gasteiger partial charge in [-0.05, 0) is 24.3 Å². The molecule has 0 N–H and O–H groups in total. The molecule has 0 aliphatic rings. The Balaban J connectivity index is 2.24. The van der Waals surface area contributed by atoms with Crippen molar-refractivity contribution in [3.8, 4) is 17.2 Å². The highest BCUT2D eigenvalue weighted by molar-refractivity contribution is 9.10. The van der Waals surface area contributed by atoms with Crippen molar-refractivity contribution in [2.75, 3.05) is 13.4 Å². The summed E-state index contributed by atoms with van der Waals surface area (Å²) in [5.74, 6) is 1.65. The molecule has 0 aliphatic heterocycles. The van der Waals surface area contributed by atoms with Gasteiger partial charge in [0.05, 0.1) is 13.3 Å². The summed E-state index contributed by atoms with van der Waals surface area (Å²) in [6, 6.07) is 8.25. The Morgan fingerprint density at radius 1 is 1.10 bits per heavy atom. The van der Waals surface area contributed by atoms with Gasteiger partial charge < -0.3 is 9.47 Å². The van der Waals surface area contributed by atoms with Crippen LogP contribution < -0.4 is 9.47 Å². The molecule has 1 heterocycles. The summed E-state index contributed by atoms with van der Waals surface area (Å²) >= 11 is 3.35. The van der Waals surface area contributed by atoms with Crippen molar-refractivity contribution < 1.29 is 17.9 Å². The van der Waals surface area contributed by atoms with Gasteiger partial charge in [-0.1, -0.05) is 15.9 Å². The van der Waals surface area contributed by atoms with E-state index in [1.807, 2.05) is 0 Å². The second-order valence-electron chi connectivity index (χ2n) is 4.03. The van der Waals surface area contributed by atoms with Crippen molar-refractivity contribution in [2.45, 2.75) is 5.03 Å². The van der Waals surface area contributed by atoms with E-state index in [2.05, 4.69) is 20.9 Å². The molecule has 0 unspecified atom stereocenters. The van der Waals surface area contributed by atoms with Gasteiger partial charge in [-0.3, -0.25) is 0 Å². The van der Waals surface area contributed by atoms with Crippen molar-refractivity contribution in [1.82, 2.24) is 4.98 Å². The van der Waals surface area contributed by atoms with Crippen LogP contribution in [0.25, 0.3) is 0 Å². The summed E-state index contributed by atoms with van der Waals surface area (Å²) in [6.45, 7) is 0. The predicted molar refractivity (Wildman–Crippen MR) is 78.1 cm³/mol. The number of ether oxygens (including phenoxy) is 2. The first kappa shape index (κ1) is 14.8. The Morgan fingerprint density at radius 2 is 1.80 bits per heavy atom. The van der Waals surface area contributed by atoms with Gasteiger partial charge in [-0.25, -0.2) is 13.4 Å². The first-order valence-corrected chi connectivity index (χ1v) is 8.25. The van der Waals surface area contributed by atoms with Crippen LogP contribution in [0.15, 0.2) is 46.0 Å². The van der Waals surface area contributed by atoms with Gasteiger partial charge in [0.15, 0.2) is 14.9 Å². The van der Waals surface area contributed by atoms with Crippen molar-refractivity contribution in [1.29, 1.82) is 0 Å². The maximum absolute atomic E-state index is 11.3. The molecule has 2 rings (SSSR count). The molecule has 0 spiro atoms. The Bertz CT molecular complexity index is 714. The SMILES string of the molecule is COc1cc(Br)cc(Oc2ccc(S(C)(=O)=O)nc2)c1. The number of pyridine rings is 1. The molecule has 0 saturated carbocycles. The van der Waals surface area contributed by atoms with E-state index in [1.165, 1.54) is 12.3 Å². The first-order valence-electron chi connectivity index (χ1n) is 5.57. The Hall–Kier alpha value is -1.60. The molecule has 0 fully saturated rings. The largest absolute Gasteiger partial charge is 0.497 e. The number of benzene rings is 1. The molecule has 0 atom stereocenters. The summed E-state index contributed by atoms with van der Waals surface area (Å²) in [5, 5.41) is 0.0108. The smallest absolute Gasteiger partial charge is 0.192 e. The highest BCUT2D eigenvalue weighted by atomic mass is 79.9. The molecule has 0 bridgehead atoms. The summed E-state index contributed by atoms with van der Waals surface area (Å²) in [7, 11) is -1.74. The van der Waals surface area contributed by atoms with E-state index in [0.717, 1.165) is 10.7 Å². The number of methoxy groups -OCH3 is 1. The van der Waals surface area contributed by atoms with Gasteiger partial charge in [-0.2, -0.15) is 0 Å². The number of sulfone groups is 1. The van der Waals surface area contributed by atoms with Crippen LogP contribution in [-0.4, -0.2) is 26.8 Å². The lowest BCUT2D eigenvalue weighted by Crippen LogP contribution is -1.99. The monoisotopic (exact) mass is 357 g/mol. The van der Waals surface area contributed by atoms with Gasteiger partial charge in [0.25, 0.3) is 0 Å². The van der Waals surface area contributed by atoms with Crippen LogP contribution in [0.5, 0.6) is 17.2 Å². The van der Waals surface area contributed by atoms with E-state index in [9.17, 15) is 8.42 Å². The van der Waals surface area contributed by atoms with Crippen LogP contribution in [-0.2, 0) is 9.84 Å². The average molecular weight is 358 g/mol. The zero-order valence-corrected chi connectivity index (χ0v) is 13.2. The highest BCUT2D eigenvalue weighted by Gasteiger charge is 2.09. The number of halogens is 1. The fraction of sp³-hybridized carbons (Fsp3) is 0.154. The summed E-state index contributed by atoms with van der Waals surface area (Å²) < 4.78 is 34.2. The van der Waals surface area contributed by atoms with Gasteiger partial charge in [-0.15, -0.1) is 0 Å². The lowest BCUT2D eigenvalue weighted by molar-refractivity contribution is 0.408. The number of nitrogens with zero attached hydrogens (tertiary/aromatic N) is 1. The van der Waals surface area contributed by atoms with Crippen molar-refractivity contribution >= 4 is 25.8 Å². The molecule has 1 aromatic carbocycles. The first-order chi connectivity index (χ1) is 9.38. The van der Waals surface area contributed by atoms with Gasteiger partial charge in [0, 0.05) is 16.8 Å². The van der Waals surface area contributed by atoms with Crippen LogP contribution >= 0.6 is 15.9 Å². The molecule has 106 valence electrons. The highest BCUT2D eigenvalue weighted by Crippen LogP contribution is 2.29. The van der Waals surface area contributed by atoms with Gasteiger partial charge >= 0.3 is 0 Å². The predicted octanol–water partition coefficient (Wildman–Crippen LogP) is 3.05. The fourth-order valence-electron chi connectivity index (χ4n) is 1.50. The van der Waals surface area contributed by atoms with Gasteiger partial charge in [0.2, 0.25) is 0 Å². The van der Waals surface area contributed by atoms with Gasteiger partial charge in [0.1, 0.15) is 17.2 Å². The van der Waals surface area contributed by atoms with Crippen LogP contribution in [0.1, 0.15) is 0 Å². The lowest BCUT2D eigenvalue weighted by Gasteiger charge is -2.08. The number of aromatic nitrogens is 1. The molecule has 0 radical (unpaired) electrons. The Morgan fingerprint density at radius 3 is 2.35 bits per heavy atom. The molecule has 0 saturated heterocycles. The number of rotatable bonds is 4. The Labute approximate surface area is 125 Å². The maximum atomic E-state index is 11.3. The Kier molecular flexibility index (Phi) is 4.29. The second-order valence-corrected chi connectivity index (χ2v) is 6.91. The fourth-order valence-corrected chi connectivity index (χ4v) is 2.51. The minimum Gasteiger partial charge on any atom is -0.497 e. The zero-order valence-electron chi connectivity index (χ0n) is 10.8. The standard InChI is InChI=1S/C13H12BrNO4S/c1-18-11-5-9(14)6-12(7-11)19-10-3-4-13(15-8-10)20(2,16)17/h3-8H,1-2H3. The molecule has 5 nitrogen and oxygen atoms in total. The maximum Gasteiger partial charge on any atom is 0.192 e. The van der Waals surface area contributed by atoms with Crippen LogP contribution in [0, 0.1) is 0 Å². The van der Waals surface area contributed by atoms with E-state index in [4.69, 9.17) is 9.47 Å². The van der Waals surface area contributed by atoms with E-state index in [0.29, 0.717) is 17.2 Å². The molecule has 20 heavy (non-hydrogen) atoms.